The molecule has 0 aliphatic rings. The highest BCUT2D eigenvalue weighted by molar-refractivity contribution is 5.85. The molecular formula is C11H11N7. The van der Waals surface area contributed by atoms with Crippen molar-refractivity contribution < 1.29 is 0 Å². The minimum absolute atomic E-state index is 0.560. The number of hydrogen-bond donors (Lipinski definition) is 2. The molecule has 3 heterocycles. The van der Waals surface area contributed by atoms with Crippen LogP contribution in [0.5, 0.6) is 0 Å². The largest absolute Gasteiger partial charge is 0.364 e. The van der Waals surface area contributed by atoms with E-state index in [1.165, 1.54) is 0 Å². The summed E-state index contributed by atoms with van der Waals surface area (Å²) in [4.78, 5) is 16.8. The van der Waals surface area contributed by atoms with Gasteiger partial charge in [0.1, 0.15) is 11.6 Å². The summed E-state index contributed by atoms with van der Waals surface area (Å²) < 4.78 is 0. The first-order valence-electron chi connectivity index (χ1n) is 5.49. The van der Waals surface area contributed by atoms with E-state index in [1.54, 1.807) is 24.8 Å². The second-order valence-electron chi connectivity index (χ2n) is 3.80. The lowest BCUT2D eigenvalue weighted by Gasteiger charge is -2.06. The second-order valence-corrected chi connectivity index (χ2v) is 3.80. The Hall–Kier alpha value is -2.57. The predicted molar refractivity (Wildman–Crippen MR) is 65.8 cm³/mol. The van der Waals surface area contributed by atoms with Crippen molar-refractivity contribution >= 4 is 16.9 Å². The lowest BCUT2D eigenvalue weighted by Crippen LogP contribution is -2.05. The van der Waals surface area contributed by atoms with Gasteiger partial charge in [-0.25, -0.2) is 9.97 Å². The molecule has 18 heavy (non-hydrogen) atoms. The number of rotatable bonds is 3. The summed E-state index contributed by atoms with van der Waals surface area (Å²) in [5.41, 5.74) is 1.58. The van der Waals surface area contributed by atoms with Crippen LogP contribution >= 0.6 is 0 Å². The number of fused-ring (bicyclic) bond motifs is 1. The third-order valence-electron chi connectivity index (χ3n) is 2.48. The van der Waals surface area contributed by atoms with Gasteiger partial charge in [0.05, 0.1) is 30.0 Å². The molecule has 2 N–H and O–H groups in total. The number of H-pyrrole nitrogens is 1. The Morgan fingerprint density at radius 1 is 1.22 bits per heavy atom. The number of anilines is 1. The maximum atomic E-state index is 4.36. The fraction of sp³-hybridized carbons (Fsp3) is 0.182. The Kier molecular flexibility index (Phi) is 2.56. The van der Waals surface area contributed by atoms with Crippen LogP contribution in [-0.2, 0) is 6.54 Å². The van der Waals surface area contributed by atoms with Crippen LogP contribution in [0.15, 0.2) is 24.8 Å². The summed E-state index contributed by atoms with van der Waals surface area (Å²) in [5, 5.41) is 10.9. The molecule has 3 aromatic rings. The number of nitrogens with zero attached hydrogens (tertiary/aromatic N) is 5. The summed E-state index contributed by atoms with van der Waals surface area (Å²) in [6.07, 6.45) is 6.73. The summed E-state index contributed by atoms with van der Waals surface area (Å²) in [6, 6.07) is 0. The average molecular weight is 241 g/mol. The molecule has 90 valence electrons. The normalized spacial score (nSPS) is 10.7. The standard InChI is InChI=1S/C11H11N7/c1-7-16-10(9-6-15-18-11(9)17-7)14-5-8-4-12-2-3-13-8/h2-4,6H,5H2,1H3,(H2,14,15,16,17,18). The minimum Gasteiger partial charge on any atom is -0.364 e. The zero-order chi connectivity index (χ0) is 12.4. The maximum Gasteiger partial charge on any atom is 0.161 e. The number of aromatic amines is 1. The highest BCUT2D eigenvalue weighted by Crippen LogP contribution is 2.17. The van der Waals surface area contributed by atoms with Crippen molar-refractivity contribution in [1.82, 2.24) is 30.1 Å². The van der Waals surface area contributed by atoms with Crippen LogP contribution < -0.4 is 5.32 Å². The molecule has 0 radical (unpaired) electrons. The van der Waals surface area contributed by atoms with E-state index in [0.29, 0.717) is 12.4 Å². The highest BCUT2D eigenvalue weighted by Gasteiger charge is 2.07. The molecule has 0 atom stereocenters. The number of nitrogens with one attached hydrogen (secondary N) is 2. The van der Waals surface area contributed by atoms with Gasteiger partial charge in [0.2, 0.25) is 0 Å². The molecule has 3 aromatic heterocycles. The molecule has 0 spiro atoms. The molecule has 0 saturated carbocycles. The lowest BCUT2D eigenvalue weighted by molar-refractivity contribution is 0.985. The van der Waals surface area contributed by atoms with Gasteiger partial charge in [0.25, 0.3) is 0 Å². The van der Waals surface area contributed by atoms with Crippen molar-refractivity contribution in [2.75, 3.05) is 5.32 Å². The van der Waals surface area contributed by atoms with Gasteiger partial charge in [-0.05, 0) is 6.92 Å². The van der Waals surface area contributed by atoms with E-state index in [0.717, 1.165) is 22.5 Å². The topological polar surface area (TPSA) is 92.3 Å². The quantitative estimate of drug-likeness (QED) is 0.712. The van der Waals surface area contributed by atoms with Gasteiger partial charge in [-0.15, -0.1) is 0 Å². The van der Waals surface area contributed by atoms with Gasteiger partial charge in [-0.1, -0.05) is 0 Å². The highest BCUT2D eigenvalue weighted by atomic mass is 15.2. The van der Waals surface area contributed by atoms with Gasteiger partial charge in [0, 0.05) is 12.4 Å². The molecule has 0 amide bonds. The maximum absolute atomic E-state index is 4.36. The summed E-state index contributed by atoms with van der Waals surface area (Å²) in [7, 11) is 0. The number of aromatic nitrogens is 6. The fourth-order valence-corrected chi connectivity index (χ4v) is 1.68. The van der Waals surface area contributed by atoms with Crippen LogP contribution in [0.1, 0.15) is 11.5 Å². The van der Waals surface area contributed by atoms with Crippen molar-refractivity contribution in [1.29, 1.82) is 0 Å². The summed E-state index contributed by atoms with van der Waals surface area (Å²) >= 11 is 0. The fourth-order valence-electron chi connectivity index (χ4n) is 1.68. The molecule has 7 nitrogen and oxygen atoms in total. The minimum atomic E-state index is 0.560. The number of hydrogen-bond acceptors (Lipinski definition) is 6. The number of aryl methyl sites for hydroxylation is 1. The van der Waals surface area contributed by atoms with Gasteiger partial charge in [0.15, 0.2) is 5.65 Å². The van der Waals surface area contributed by atoms with Crippen molar-refractivity contribution in [3.8, 4) is 0 Å². The molecule has 0 aromatic carbocycles. The van der Waals surface area contributed by atoms with Crippen LogP contribution in [0.2, 0.25) is 0 Å². The molecule has 0 aliphatic heterocycles. The van der Waals surface area contributed by atoms with E-state index >= 15 is 0 Å². The first-order chi connectivity index (χ1) is 8.83. The third kappa shape index (κ3) is 1.97. The van der Waals surface area contributed by atoms with Crippen molar-refractivity contribution in [2.45, 2.75) is 13.5 Å². The Morgan fingerprint density at radius 2 is 2.17 bits per heavy atom. The first-order valence-corrected chi connectivity index (χ1v) is 5.49. The molecule has 0 unspecified atom stereocenters. The molecule has 0 fully saturated rings. The Morgan fingerprint density at radius 3 is 3.00 bits per heavy atom. The SMILES string of the molecule is Cc1nc(NCc2cnccn2)c2cn[nH]c2n1. The van der Waals surface area contributed by atoms with E-state index < -0.39 is 0 Å². The smallest absolute Gasteiger partial charge is 0.161 e. The Balaban J connectivity index is 1.88. The second kappa shape index (κ2) is 4.36. The van der Waals surface area contributed by atoms with Gasteiger partial charge in [-0.2, -0.15) is 5.10 Å². The monoisotopic (exact) mass is 241 g/mol. The Labute approximate surface area is 103 Å². The van der Waals surface area contributed by atoms with E-state index in [4.69, 9.17) is 0 Å². The molecular weight excluding hydrogens is 230 g/mol. The van der Waals surface area contributed by atoms with E-state index in [9.17, 15) is 0 Å². The lowest BCUT2D eigenvalue weighted by atomic mass is 10.3. The van der Waals surface area contributed by atoms with Gasteiger partial charge in [-0.3, -0.25) is 15.1 Å². The van der Waals surface area contributed by atoms with E-state index in [2.05, 4.69) is 35.5 Å². The van der Waals surface area contributed by atoms with Gasteiger partial charge < -0.3 is 5.32 Å². The predicted octanol–water partition coefficient (Wildman–Crippen LogP) is 1.06. The third-order valence-corrected chi connectivity index (χ3v) is 2.48. The van der Waals surface area contributed by atoms with E-state index in [-0.39, 0.29) is 0 Å². The van der Waals surface area contributed by atoms with E-state index in [1.807, 2.05) is 6.92 Å². The molecule has 3 rings (SSSR count). The van der Waals surface area contributed by atoms with Crippen molar-refractivity contribution in [3.05, 3.63) is 36.3 Å². The van der Waals surface area contributed by atoms with Crippen LogP contribution in [0.4, 0.5) is 5.82 Å². The van der Waals surface area contributed by atoms with Crippen molar-refractivity contribution in [3.63, 3.8) is 0 Å². The summed E-state index contributed by atoms with van der Waals surface area (Å²) in [5.74, 6) is 1.44. The molecule has 7 heteroatoms. The summed E-state index contributed by atoms with van der Waals surface area (Å²) in [6.45, 7) is 2.40. The van der Waals surface area contributed by atoms with Crippen molar-refractivity contribution in [2.24, 2.45) is 0 Å². The van der Waals surface area contributed by atoms with Crippen LogP contribution in [0.3, 0.4) is 0 Å². The zero-order valence-electron chi connectivity index (χ0n) is 9.75. The molecule has 0 aliphatic carbocycles. The Bertz CT molecular complexity index is 661. The van der Waals surface area contributed by atoms with Crippen LogP contribution in [0.25, 0.3) is 11.0 Å². The zero-order valence-corrected chi connectivity index (χ0v) is 9.75. The molecule has 0 saturated heterocycles. The first kappa shape index (κ1) is 10.6. The van der Waals surface area contributed by atoms with Crippen LogP contribution in [-0.4, -0.2) is 30.1 Å². The van der Waals surface area contributed by atoms with Crippen LogP contribution in [0, 0.1) is 6.92 Å². The van der Waals surface area contributed by atoms with Gasteiger partial charge >= 0.3 is 0 Å². The molecule has 0 bridgehead atoms. The average Bonchev–Trinajstić information content (AvgIpc) is 2.85.